The van der Waals surface area contributed by atoms with E-state index in [0.717, 1.165) is 6.42 Å². The third-order valence-electron chi connectivity index (χ3n) is 7.68. The Morgan fingerprint density at radius 2 is 2.11 bits per heavy atom. The molecule has 1 spiro atoms. The normalized spacial score (nSPS) is 30.4. The van der Waals surface area contributed by atoms with E-state index in [-0.39, 0.29) is 36.7 Å². The van der Waals surface area contributed by atoms with Gasteiger partial charge in [-0.1, -0.05) is 20.8 Å². The summed E-state index contributed by atoms with van der Waals surface area (Å²) in [7, 11) is 1.22. The van der Waals surface area contributed by atoms with Crippen LogP contribution in [0.4, 0.5) is 10.6 Å². The van der Waals surface area contributed by atoms with Crippen molar-refractivity contribution < 1.29 is 28.7 Å². The first kappa shape index (κ1) is 24.8. The number of nitriles is 1. The van der Waals surface area contributed by atoms with E-state index in [9.17, 15) is 24.4 Å². The average Bonchev–Trinajstić information content (AvgIpc) is 3.36. The predicted octanol–water partition coefficient (Wildman–Crippen LogP) is 1.04. The number of ether oxygens (including phenoxy) is 2. The molecule has 12 heteroatoms. The molecule has 1 aliphatic carbocycles. The number of methoxy groups -OCH3 is 1. The summed E-state index contributed by atoms with van der Waals surface area (Å²) < 4.78 is 10.8. The number of anilines is 1. The number of alkyl carbamates (subject to hydrolysis) is 1. The highest BCUT2D eigenvalue weighted by atomic mass is 16.5. The first-order valence-corrected chi connectivity index (χ1v) is 12.3. The quantitative estimate of drug-likeness (QED) is 0.611. The molecule has 6 atom stereocenters. The van der Waals surface area contributed by atoms with Crippen molar-refractivity contribution in [3.05, 3.63) is 18.3 Å². The summed E-state index contributed by atoms with van der Waals surface area (Å²) in [6.45, 7) is 5.35. The molecule has 4 amide bonds. The Balaban J connectivity index is 1.40. The summed E-state index contributed by atoms with van der Waals surface area (Å²) in [5, 5.41) is 15.2. The molecule has 1 saturated carbocycles. The molecule has 37 heavy (non-hydrogen) atoms. The van der Waals surface area contributed by atoms with E-state index in [1.54, 1.807) is 17.0 Å². The second kappa shape index (κ2) is 8.61. The number of pyridine rings is 1. The monoisotopic (exact) mass is 510 g/mol. The van der Waals surface area contributed by atoms with Crippen LogP contribution >= 0.6 is 0 Å². The van der Waals surface area contributed by atoms with E-state index in [4.69, 9.17) is 9.47 Å². The number of piperidine rings is 1. The average molecular weight is 511 g/mol. The maximum absolute atomic E-state index is 13.9. The van der Waals surface area contributed by atoms with Crippen molar-refractivity contribution in [2.45, 2.75) is 69.8 Å². The fraction of sp³-hybridized carbons (Fsp3) is 0.600. The molecule has 1 aromatic rings. The Morgan fingerprint density at radius 1 is 1.35 bits per heavy atom. The van der Waals surface area contributed by atoms with E-state index in [0.29, 0.717) is 12.2 Å². The van der Waals surface area contributed by atoms with Gasteiger partial charge in [-0.05, 0) is 36.3 Å². The first-order chi connectivity index (χ1) is 17.5. The molecule has 12 nitrogen and oxygen atoms in total. The van der Waals surface area contributed by atoms with Gasteiger partial charge in [0, 0.05) is 18.7 Å². The number of rotatable bonds is 3. The van der Waals surface area contributed by atoms with Gasteiger partial charge < -0.3 is 29.9 Å². The summed E-state index contributed by atoms with van der Waals surface area (Å²) in [5.41, 5.74) is -2.07. The minimum atomic E-state index is -1.43. The zero-order valence-corrected chi connectivity index (χ0v) is 21.2. The number of nitrogens with zero attached hydrogens (tertiary/aromatic N) is 4. The van der Waals surface area contributed by atoms with Crippen LogP contribution in [-0.2, 0) is 19.1 Å². The Labute approximate surface area is 214 Å². The number of amides is 4. The summed E-state index contributed by atoms with van der Waals surface area (Å²) in [6.07, 6.45) is 2.04. The van der Waals surface area contributed by atoms with Crippen LogP contribution in [0.2, 0.25) is 0 Å². The molecule has 0 aromatic carbocycles. The molecule has 0 radical (unpaired) electrons. The van der Waals surface area contributed by atoms with Gasteiger partial charge in [-0.25, -0.2) is 9.78 Å². The van der Waals surface area contributed by atoms with Gasteiger partial charge in [0.05, 0.1) is 19.7 Å². The summed E-state index contributed by atoms with van der Waals surface area (Å²) >= 11 is 0. The molecule has 6 unspecified atom stereocenters. The molecular weight excluding hydrogens is 480 g/mol. The third-order valence-corrected chi connectivity index (χ3v) is 7.68. The van der Waals surface area contributed by atoms with Crippen molar-refractivity contribution in [2.75, 3.05) is 19.0 Å². The van der Waals surface area contributed by atoms with Crippen molar-refractivity contribution >= 4 is 29.6 Å². The lowest BCUT2D eigenvalue weighted by Gasteiger charge is -2.37. The Morgan fingerprint density at radius 3 is 2.78 bits per heavy atom. The number of carbonyl (C=O) groups excluding carboxylic acids is 4. The highest BCUT2D eigenvalue weighted by Gasteiger charge is 2.61. The van der Waals surface area contributed by atoms with Crippen LogP contribution in [0, 0.1) is 22.7 Å². The Kier molecular flexibility index (Phi) is 5.77. The van der Waals surface area contributed by atoms with Crippen LogP contribution in [0.5, 0.6) is 5.75 Å². The van der Waals surface area contributed by atoms with Gasteiger partial charge in [-0.15, -0.1) is 0 Å². The van der Waals surface area contributed by atoms with Crippen LogP contribution in [0.15, 0.2) is 18.3 Å². The first-order valence-electron chi connectivity index (χ1n) is 12.3. The summed E-state index contributed by atoms with van der Waals surface area (Å²) in [5.74, 6) is -0.393. The van der Waals surface area contributed by atoms with Gasteiger partial charge in [0.25, 0.3) is 5.91 Å². The molecule has 0 bridgehead atoms. The highest BCUT2D eigenvalue weighted by molar-refractivity contribution is 6.01. The number of hydrogen-bond donors (Lipinski definition) is 2. The summed E-state index contributed by atoms with van der Waals surface area (Å²) in [4.78, 5) is 59.8. The van der Waals surface area contributed by atoms with Crippen LogP contribution in [-0.4, -0.2) is 82.0 Å². The standard InChI is InChI=1S/C25H30N6O6/c1-24(2,3)18(28-23(35)36-4)21(33)31-15-8-13(15)9-16(31)20(32)30-12-25(10-14(30)11-26)22(34)29-19-17(37-25)6-5-7-27-19/h5-7,13-16,18H,8-10,12H2,1-4H3,(H,28,35)(H,27,29,34). The topological polar surface area (TPSA) is 154 Å². The number of aromatic nitrogens is 1. The zero-order chi connectivity index (χ0) is 26.7. The SMILES string of the molecule is COC(=O)NC(C(=O)N1C(C(=O)N2CC3(CC2C#N)Oc2cccnc2NC3=O)CC2CC21)C(C)(C)C. The zero-order valence-electron chi connectivity index (χ0n) is 21.2. The fourth-order valence-corrected chi connectivity index (χ4v) is 5.66. The van der Waals surface area contributed by atoms with Gasteiger partial charge in [0.15, 0.2) is 11.6 Å². The van der Waals surface area contributed by atoms with Crippen LogP contribution in [0.3, 0.4) is 0 Å². The van der Waals surface area contributed by atoms with Crippen molar-refractivity contribution in [2.24, 2.45) is 11.3 Å². The molecule has 3 fully saturated rings. The van der Waals surface area contributed by atoms with Crippen molar-refractivity contribution in [1.29, 1.82) is 5.26 Å². The molecule has 4 aliphatic rings. The van der Waals surface area contributed by atoms with Crippen LogP contribution in [0.25, 0.3) is 0 Å². The van der Waals surface area contributed by atoms with Crippen molar-refractivity contribution in [1.82, 2.24) is 20.1 Å². The second-order valence-corrected chi connectivity index (χ2v) is 11.2. The van der Waals surface area contributed by atoms with Gasteiger partial charge in [-0.3, -0.25) is 14.4 Å². The van der Waals surface area contributed by atoms with Gasteiger partial charge in [-0.2, -0.15) is 5.26 Å². The van der Waals surface area contributed by atoms with Gasteiger partial charge in [0.1, 0.15) is 18.1 Å². The number of hydrogen-bond acceptors (Lipinski definition) is 8. The smallest absolute Gasteiger partial charge is 0.407 e. The largest absolute Gasteiger partial charge is 0.472 e. The van der Waals surface area contributed by atoms with Gasteiger partial charge >= 0.3 is 6.09 Å². The molecule has 2 N–H and O–H groups in total. The van der Waals surface area contributed by atoms with E-state index in [1.165, 1.54) is 18.2 Å². The number of nitrogens with one attached hydrogen (secondary N) is 2. The highest BCUT2D eigenvalue weighted by Crippen LogP contribution is 2.50. The van der Waals surface area contributed by atoms with E-state index >= 15 is 0 Å². The molecule has 3 aliphatic heterocycles. The Hall–Kier alpha value is -3.88. The van der Waals surface area contributed by atoms with Crippen molar-refractivity contribution in [3.8, 4) is 11.8 Å². The number of carbonyl (C=O) groups is 4. The fourth-order valence-electron chi connectivity index (χ4n) is 5.66. The predicted molar refractivity (Wildman–Crippen MR) is 128 cm³/mol. The molecule has 1 aromatic heterocycles. The minimum Gasteiger partial charge on any atom is -0.472 e. The van der Waals surface area contributed by atoms with E-state index in [2.05, 4.69) is 21.7 Å². The molecule has 2 saturated heterocycles. The van der Waals surface area contributed by atoms with E-state index in [1.807, 2.05) is 20.8 Å². The maximum atomic E-state index is 13.9. The second-order valence-electron chi connectivity index (χ2n) is 11.2. The van der Waals surface area contributed by atoms with Crippen LogP contribution < -0.4 is 15.4 Å². The molecule has 4 heterocycles. The summed E-state index contributed by atoms with van der Waals surface area (Å²) in [6, 6.07) is 2.75. The number of likely N-dealkylation sites (tertiary alicyclic amines) is 2. The minimum absolute atomic E-state index is 0.00254. The molecular formula is C25H30N6O6. The van der Waals surface area contributed by atoms with Gasteiger partial charge in [0.2, 0.25) is 17.4 Å². The molecule has 196 valence electrons. The lowest BCUT2D eigenvalue weighted by molar-refractivity contribution is -0.148. The third kappa shape index (κ3) is 4.12. The molecule has 5 rings (SSSR count). The van der Waals surface area contributed by atoms with Crippen LogP contribution in [0.1, 0.15) is 40.0 Å². The number of fused-ring (bicyclic) bond motifs is 2. The maximum Gasteiger partial charge on any atom is 0.407 e. The van der Waals surface area contributed by atoms with Crippen molar-refractivity contribution in [3.63, 3.8) is 0 Å². The lowest BCUT2D eigenvalue weighted by Crippen LogP contribution is -2.59. The Bertz CT molecular complexity index is 1210. The lowest BCUT2D eigenvalue weighted by atomic mass is 9.85. The van der Waals surface area contributed by atoms with E-state index < -0.39 is 47.0 Å².